The Hall–Kier alpha value is -1.93. The SMILES string of the molecule is NNC(=O)CS(=O)(=O)c1nc2ccccc2o1. The topological polar surface area (TPSA) is 115 Å². The van der Waals surface area contributed by atoms with Crippen LogP contribution < -0.4 is 11.3 Å². The van der Waals surface area contributed by atoms with Gasteiger partial charge in [0.2, 0.25) is 15.7 Å². The fraction of sp³-hybridized carbons (Fsp3) is 0.111. The zero-order valence-electron chi connectivity index (χ0n) is 8.58. The van der Waals surface area contributed by atoms with Crippen LogP contribution in [-0.4, -0.2) is 25.1 Å². The monoisotopic (exact) mass is 255 g/mol. The molecule has 3 N–H and O–H groups in total. The number of amides is 1. The van der Waals surface area contributed by atoms with Crippen molar-refractivity contribution in [2.75, 3.05) is 5.75 Å². The smallest absolute Gasteiger partial charge is 0.316 e. The number of fused-ring (bicyclic) bond motifs is 1. The second-order valence-corrected chi connectivity index (χ2v) is 5.14. The van der Waals surface area contributed by atoms with Gasteiger partial charge in [-0.25, -0.2) is 14.3 Å². The molecule has 90 valence electrons. The molecule has 7 nitrogen and oxygen atoms in total. The average molecular weight is 255 g/mol. The van der Waals surface area contributed by atoms with Crippen molar-refractivity contribution in [1.29, 1.82) is 0 Å². The van der Waals surface area contributed by atoms with E-state index in [1.807, 2.05) is 0 Å². The maximum atomic E-state index is 11.7. The maximum absolute atomic E-state index is 11.7. The van der Waals surface area contributed by atoms with E-state index in [0.717, 1.165) is 0 Å². The van der Waals surface area contributed by atoms with E-state index < -0.39 is 26.7 Å². The van der Waals surface area contributed by atoms with Gasteiger partial charge >= 0.3 is 5.22 Å². The molecular formula is C9H9N3O4S. The molecule has 2 rings (SSSR count). The first-order valence-corrected chi connectivity index (χ1v) is 6.26. The molecule has 1 aromatic heterocycles. The summed E-state index contributed by atoms with van der Waals surface area (Å²) in [5.74, 6) is 3.20. The van der Waals surface area contributed by atoms with Crippen LogP contribution in [0.25, 0.3) is 11.1 Å². The lowest BCUT2D eigenvalue weighted by Crippen LogP contribution is -2.35. The molecule has 0 fully saturated rings. The van der Waals surface area contributed by atoms with Crippen LogP contribution in [0.3, 0.4) is 0 Å². The van der Waals surface area contributed by atoms with Gasteiger partial charge < -0.3 is 4.42 Å². The van der Waals surface area contributed by atoms with E-state index in [1.54, 1.807) is 29.7 Å². The van der Waals surface area contributed by atoms with Gasteiger partial charge in [-0.1, -0.05) is 12.1 Å². The molecule has 0 unspecified atom stereocenters. The number of nitrogens with two attached hydrogens (primary N) is 1. The minimum Gasteiger partial charge on any atom is -0.428 e. The van der Waals surface area contributed by atoms with E-state index >= 15 is 0 Å². The molecule has 2 aromatic rings. The molecule has 8 heteroatoms. The Bertz CT molecular complexity index is 629. The van der Waals surface area contributed by atoms with E-state index in [-0.39, 0.29) is 0 Å². The number of benzene rings is 1. The molecule has 0 aliphatic heterocycles. The van der Waals surface area contributed by atoms with Crippen molar-refractivity contribution in [1.82, 2.24) is 10.4 Å². The van der Waals surface area contributed by atoms with Crippen molar-refractivity contribution in [3.05, 3.63) is 24.3 Å². The minimum absolute atomic E-state index is 0.347. The minimum atomic E-state index is -3.90. The molecule has 0 saturated carbocycles. The Morgan fingerprint density at radius 1 is 1.41 bits per heavy atom. The van der Waals surface area contributed by atoms with E-state index in [4.69, 9.17) is 10.3 Å². The molecule has 0 spiro atoms. The summed E-state index contributed by atoms with van der Waals surface area (Å²) in [4.78, 5) is 14.7. The van der Waals surface area contributed by atoms with Gasteiger partial charge in [0.25, 0.3) is 0 Å². The van der Waals surface area contributed by atoms with E-state index in [2.05, 4.69) is 4.98 Å². The van der Waals surface area contributed by atoms with Crippen molar-refractivity contribution < 1.29 is 17.6 Å². The fourth-order valence-corrected chi connectivity index (χ4v) is 2.27. The number of para-hydroxylation sites is 2. The highest BCUT2D eigenvalue weighted by atomic mass is 32.2. The van der Waals surface area contributed by atoms with Crippen molar-refractivity contribution in [3.8, 4) is 0 Å². The first-order chi connectivity index (χ1) is 8.03. The zero-order chi connectivity index (χ0) is 12.5. The highest BCUT2D eigenvalue weighted by Crippen LogP contribution is 2.18. The van der Waals surface area contributed by atoms with Gasteiger partial charge in [-0.05, 0) is 12.1 Å². The summed E-state index contributed by atoms with van der Waals surface area (Å²) in [6.45, 7) is 0. The van der Waals surface area contributed by atoms with Crippen LogP contribution in [-0.2, 0) is 14.6 Å². The van der Waals surface area contributed by atoms with Crippen molar-refractivity contribution in [3.63, 3.8) is 0 Å². The molecule has 0 bridgehead atoms. The third kappa shape index (κ3) is 2.27. The number of carbonyl (C=O) groups excluding carboxylic acids is 1. The summed E-state index contributed by atoms with van der Waals surface area (Å²) in [6.07, 6.45) is 0. The third-order valence-corrected chi connectivity index (χ3v) is 3.37. The normalized spacial score (nSPS) is 11.6. The van der Waals surface area contributed by atoms with Gasteiger partial charge in [0.15, 0.2) is 5.58 Å². The number of rotatable bonds is 3. The van der Waals surface area contributed by atoms with Crippen LogP contribution in [0.1, 0.15) is 0 Å². The van der Waals surface area contributed by atoms with Crippen LogP contribution in [0, 0.1) is 0 Å². The Labute approximate surface area is 96.5 Å². The molecule has 0 saturated heterocycles. The standard InChI is InChI=1S/C9H9N3O4S/c10-12-8(13)5-17(14,15)9-11-6-3-1-2-4-7(6)16-9/h1-4H,5,10H2,(H,12,13). The van der Waals surface area contributed by atoms with Gasteiger partial charge in [-0.15, -0.1) is 0 Å². The van der Waals surface area contributed by atoms with Crippen LogP contribution in [0.5, 0.6) is 0 Å². The summed E-state index contributed by atoms with van der Waals surface area (Å²) in [7, 11) is -3.90. The van der Waals surface area contributed by atoms with Gasteiger partial charge in [0, 0.05) is 0 Å². The summed E-state index contributed by atoms with van der Waals surface area (Å²) >= 11 is 0. The lowest BCUT2D eigenvalue weighted by Gasteiger charge is -1.97. The Morgan fingerprint density at radius 3 is 2.76 bits per heavy atom. The highest BCUT2D eigenvalue weighted by molar-refractivity contribution is 7.91. The molecule has 17 heavy (non-hydrogen) atoms. The molecule has 0 atom stereocenters. The largest absolute Gasteiger partial charge is 0.428 e. The van der Waals surface area contributed by atoms with Gasteiger partial charge in [0.05, 0.1) is 0 Å². The summed E-state index contributed by atoms with van der Waals surface area (Å²) in [6, 6.07) is 6.59. The average Bonchev–Trinajstić information content (AvgIpc) is 2.72. The number of nitrogens with one attached hydrogen (secondary N) is 1. The number of aromatic nitrogens is 1. The number of sulfone groups is 1. The zero-order valence-corrected chi connectivity index (χ0v) is 9.40. The van der Waals surface area contributed by atoms with E-state index in [1.165, 1.54) is 0 Å². The van der Waals surface area contributed by atoms with Gasteiger partial charge in [0.1, 0.15) is 11.3 Å². The van der Waals surface area contributed by atoms with Gasteiger partial charge in [-0.3, -0.25) is 10.2 Å². The Kier molecular flexibility index (Phi) is 2.82. The maximum Gasteiger partial charge on any atom is 0.316 e. The first-order valence-electron chi connectivity index (χ1n) is 4.61. The molecular weight excluding hydrogens is 246 g/mol. The molecule has 0 aliphatic rings. The summed E-state index contributed by atoms with van der Waals surface area (Å²) in [5, 5.41) is -0.484. The Balaban J connectivity index is 2.42. The number of nitrogens with zero attached hydrogens (tertiary/aromatic N) is 1. The van der Waals surface area contributed by atoms with E-state index in [0.29, 0.717) is 11.1 Å². The number of hydrogen-bond donors (Lipinski definition) is 2. The number of hydrazine groups is 1. The quantitative estimate of drug-likeness (QED) is 0.437. The van der Waals surface area contributed by atoms with Gasteiger partial charge in [-0.2, -0.15) is 4.98 Å². The first kappa shape index (κ1) is 11.6. The van der Waals surface area contributed by atoms with Crippen molar-refractivity contribution >= 4 is 26.8 Å². The molecule has 1 amide bonds. The lowest BCUT2D eigenvalue weighted by molar-refractivity contribution is -0.118. The second-order valence-electron chi connectivity index (χ2n) is 3.27. The van der Waals surface area contributed by atoms with Crippen LogP contribution >= 0.6 is 0 Å². The van der Waals surface area contributed by atoms with Crippen LogP contribution in [0.4, 0.5) is 0 Å². The predicted molar refractivity (Wildman–Crippen MR) is 58.4 cm³/mol. The molecule has 1 aromatic carbocycles. The summed E-state index contributed by atoms with van der Waals surface area (Å²) < 4.78 is 28.5. The lowest BCUT2D eigenvalue weighted by atomic mass is 10.3. The molecule has 0 aliphatic carbocycles. The molecule has 1 heterocycles. The predicted octanol–water partition coefficient (Wildman–Crippen LogP) is -0.409. The highest BCUT2D eigenvalue weighted by Gasteiger charge is 2.24. The van der Waals surface area contributed by atoms with Crippen LogP contribution in [0.15, 0.2) is 33.9 Å². The second kappa shape index (κ2) is 4.15. The van der Waals surface area contributed by atoms with Crippen molar-refractivity contribution in [2.24, 2.45) is 5.84 Å². The third-order valence-electron chi connectivity index (χ3n) is 2.02. The fourth-order valence-electron chi connectivity index (χ4n) is 1.26. The molecule has 0 radical (unpaired) electrons. The number of hydrogen-bond acceptors (Lipinski definition) is 6. The van der Waals surface area contributed by atoms with Crippen LogP contribution in [0.2, 0.25) is 0 Å². The number of oxazole rings is 1. The number of carbonyl (C=O) groups is 1. The van der Waals surface area contributed by atoms with E-state index in [9.17, 15) is 13.2 Å². The Morgan fingerprint density at radius 2 is 2.12 bits per heavy atom. The van der Waals surface area contributed by atoms with Crippen molar-refractivity contribution in [2.45, 2.75) is 5.22 Å². The summed E-state index contributed by atoms with van der Waals surface area (Å²) in [5.41, 5.74) is 2.50.